The molecule has 0 bridgehead atoms. The third-order valence-electron chi connectivity index (χ3n) is 2.23. The molecule has 0 fully saturated rings. The minimum atomic E-state index is -0.237. The summed E-state index contributed by atoms with van der Waals surface area (Å²) in [7, 11) is 0. The third kappa shape index (κ3) is 3.04. The molecule has 88 valence electrons. The van der Waals surface area contributed by atoms with E-state index in [0.29, 0.717) is 23.2 Å². The summed E-state index contributed by atoms with van der Waals surface area (Å²) < 4.78 is 0. The number of hydrogen-bond acceptors (Lipinski definition) is 4. The fourth-order valence-corrected chi connectivity index (χ4v) is 1.39. The number of nitrogens with zero attached hydrogens (tertiary/aromatic N) is 2. The van der Waals surface area contributed by atoms with Gasteiger partial charge in [-0.05, 0) is 24.6 Å². The van der Waals surface area contributed by atoms with E-state index in [1.165, 1.54) is 0 Å². The molecule has 6 heteroatoms. The molecule has 2 aromatic rings. The molecule has 1 aromatic heterocycles. The van der Waals surface area contributed by atoms with Gasteiger partial charge in [0.15, 0.2) is 0 Å². The van der Waals surface area contributed by atoms with Crippen LogP contribution in [0.1, 0.15) is 11.3 Å². The molecule has 5 nitrogen and oxygen atoms in total. The van der Waals surface area contributed by atoms with E-state index < -0.39 is 0 Å². The van der Waals surface area contributed by atoms with Gasteiger partial charge in [-0.2, -0.15) is 0 Å². The van der Waals surface area contributed by atoms with Crippen LogP contribution in [0.2, 0.25) is 5.02 Å². The number of aromatic nitrogens is 3. The largest absolute Gasteiger partial charge is 0.350 e. The lowest BCUT2D eigenvalue weighted by molar-refractivity contribution is 0.888. The van der Waals surface area contributed by atoms with Crippen LogP contribution >= 0.6 is 11.6 Å². The number of anilines is 1. The molecule has 0 spiro atoms. The Bertz CT molecular complexity index is 564. The van der Waals surface area contributed by atoms with Crippen LogP contribution in [0.4, 0.5) is 5.95 Å². The number of aromatic amines is 1. The maximum absolute atomic E-state index is 11.3. The van der Waals surface area contributed by atoms with E-state index in [-0.39, 0.29) is 5.56 Å². The summed E-state index contributed by atoms with van der Waals surface area (Å²) in [5.74, 6) is 0.357. The quantitative estimate of drug-likeness (QED) is 0.871. The highest BCUT2D eigenvalue weighted by atomic mass is 35.5. The monoisotopic (exact) mass is 250 g/mol. The fraction of sp³-hybridized carbons (Fsp3) is 0.182. The Labute approximate surface area is 103 Å². The highest BCUT2D eigenvalue weighted by Crippen LogP contribution is 2.10. The molecular formula is C11H11ClN4O. The van der Waals surface area contributed by atoms with E-state index in [2.05, 4.69) is 20.5 Å². The zero-order valence-electron chi connectivity index (χ0n) is 9.20. The van der Waals surface area contributed by atoms with E-state index in [1.54, 1.807) is 6.92 Å². The van der Waals surface area contributed by atoms with E-state index in [0.717, 1.165) is 5.56 Å². The molecule has 0 unspecified atom stereocenters. The second-order valence-electron chi connectivity index (χ2n) is 3.57. The standard InChI is InChI=1S/C11H11ClN4O/c1-7-10(17)14-11(16-15-7)13-6-8-2-4-9(12)5-3-8/h2-5H,6H2,1H3,(H2,13,14,16,17). The Kier molecular flexibility index (Phi) is 3.39. The van der Waals surface area contributed by atoms with Crippen molar-refractivity contribution < 1.29 is 0 Å². The van der Waals surface area contributed by atoms with Crippen molar-refractivity contribution in [3.05, 3.63) is 50.9 Å². The van der Waals surface area contributed by atoms with Crippen LogP contribution in [0.3, 0.4) is 0 Å². The summed E-state index contributed by atoms with van der Waals surface area (Å²) in [5.41, 5.74) is 1.15. The van der Waals surface area contributed by atoms with Gasteiger partial charge < -0.3 is 5.32 Å². The molecule has 0 atom stereocenters. The van der Waals surface area contributed by atoms with Gasteiger partial charge in [0.25, 0.3) is 5.56 Å². The molecule has 2 rings (SSSR count). The van der Waals surface area contributed by atoms with Gasteiger partial charge in [-0.3, -0.25) is 9.78 Å². The lowest BCUT2D eigenvalue weighted by atomic mass is 10.2. The summed E-state index contributed by atoms with van der Waals surface area (Å²) in [5, 5.41) is 11.2. The first kappa shape index (κ1) is 11.6. The summed E-state index contributed by atoms with van der Waals surface area (Å²) in [6, 6.07) is 7.41. The summed E-state index contributed by atoms with van der Waals surface area (Å²) in [6.07, 6.45) is 0. The molecule has 0 amide bonds. The maximum Gasteiger partial charge on any atom is 0.273 e. The molecule has 0 radical (unpaired) electrons. The number of aryl methyl sites for hydroxylation is 1. The Morgan fingerprint density at radius 2 is 2.00 bits per heavy atom. The lowest BCUT2D eigenvalue weighted by Gasteiger charge is -2.04. The van der Waals surface area contributed by atoms with Crippen molar-refractivity contribution in [3.8, 4) is 0 Å². The molecule has 0 aliphatic heterocycles. The van der Waals surface area contributed by atoms with Crippen molar-refractivity contribution in [2.75, 3.05) is 5.32 Å². The molecule has 1 aromatic carbocycles. The van der Waals surface area contributed by atoms with Crippen molar-refractivity contribution in [2.45, 2.75) is 13.5 Å². The molecule has 2 N–H and O–H groups in total. The minimum Gasteiger partial charge on any atom is -0.350 e. The predicted molar refractivity (Wildman–Crippen MR) is 66.2 cm³/mol. The lowest BCUT2D eigenvalue weighted by Crippen LogP contribution is -2.16. The number of nitrogens with one attached hydrogen (secondary N) is 2. The van der Waals surface area contributed by atoms with Crippen LogP contribution in [0.5, 0.6) is 0 Å². The molecule has 0 saturated heterocycles. The predicted octanol–water partition coefficient (Wildman–Crippen LogP) is 1.74. The van der Waals surface area contributed by atoms with Gasteiger partial charge in [0, 0.05) is 11.6 Å². The SMILES string of the molecule is Cc1nnc(NCc2ccc(Cl)cc2)[nH]c1=O. The summed E-state index contributed by atoms with van der Waals surface area (Å²) in [6.45, 7) is 2.15. The Morgan fingerprint density at radius 3 is 2.65 bits per heavy atom. The Balaban J connectivity index is 2.04. The van der Waals surface area contributed by atoms with Gasteiger partial charge in [-0.15, -0.1) is 10.2 Å². The highest BCUT2D eigenvalue weighted by molar-refractivity contribution is 6.30. The van der Waals surface area contributed by atoms with Gasteiger partial charge >= 0.3 is 0 Å². The van der Waals surface area contributed by atoms with Crippen molar-refractivity contribution in [1.82, 2.24) is 15.2 Å². The smallest absolute Gasteiger partial charge is 0.273 e. The van der Waals surface area contributed by atoms with Crippen LogP contribution in [0, 0.1) is 6.92 Å². The van der Waals surface area contributed by atoms with E-state index in [1.807, 2.05) is 24.3 Å². The minimum absolute atomic E-state index is 0.237. The zero-order chi connectivity index (χ0) is 12.3. The first-order chi connectivity index (χ1) is 8.15. The highest BCUT2D eigenvalue weighted by Gasteiger charge is 1.99. The molecule has 1 heterocycles. The van der Waals surface area contributed by atoms with Gasteiger partial charge in [0.1, 0.15) is 5.69 Å². The third-order valence-corrected chi connectivity index (χ3v) is 2.49. The molecule has 0 aliphatic carbocycles. The normalized spacial score (nSPS) is 10.2. The van der Waals surface area contributed by atoms with Gasteiger partial charge in [-0.1, -0.05) is 23.7 Å². The van der Waals surface area contributed by atoms with Crippen molar-refractivity contribution in [3.63, 3.8) is 0 Å². The fourth-order valence-electron chi connectivity index (χ4n) is 1.26. The van der Waals surface area contributed by atoms with E-state index in [9.17, 15) is 4.79 Å². The number of benzene rings is 1. The number of rotatable bonds is 3. The zero-order valence-corrected chi connectivity index (χ0v) is 9.95. The molecule has 0 saturated carbocycles. The van der Waals surface area contributed by atoms with Crippen LogP contribution in [0.25, 0.3) is 0 Å². The number of halogens is 1. The average Bonchev–Trinajstić information content (AvgIpc) is 2.33. The second-order valence-corrected chi connectivity index (χ2v) is 4.00. The average molecular weight is 251 g/mol. The number of hydrogen-bond donors (Lipinski definition) is 2. The number of H-pyrrole nitrogens is 1. The van der Waals surface area contributed by atoms with Crippen LogP contribution in [-0.4, -0.2) is 15.2 Å². The van der Waals surface area contributed by atoms with Gasteiger partial charge in [0.2, 0.25) is 5.95 Å². The topological polar surface area (TPSA) is 70.7 Å². The van der Waals surface area contributed by atoms with Crippen LogP contribution in [0.15, 0.2) is 29.1 Å². The van der Waals surface area contributed by atoms with E-state index in [4.69, 9.17) is 11.6 Å². The molecule has 17 heavy (non-hydrogen) atoms. The van der Waals surface area contributed by atoms with Crippen LogP contribution < -0.4 is 10.9 Å². The summed E-state index contributed by atoms with van der Waals surface area (Å²) in [4.78, 5) is 13.9. The van der Waals surface area contributed by atoms with Gasteiger partial charge in [-0.25, -0.2) is 0 Å². The van der Waals surface area contributed by atoms with Crippen molar-refractivity contribution in [2.24, 2.45) is 0 Å². The first-order valence-electron chi connectivity index (χ1n) is 5.07. The Hall–Kier alpha value is -1.88. The van der Waals surface area contributed by atoms with E-state index >= 15 is 0 Å². The van der Waals surface area contributed by atoms with Crippen molar-refractivity contribution >= 4 is 17.5 Å². The molecular weight excluding hydrogens is 240 g/mol. The molecule has 0 aliphatic rings. The first-order valence-corrected chi connectivity index (χ1v) is 5.45. The van der Waals surface area contributed by atoms with Gasteiger partial charge in [0.05, 0.1) is 0 Å². The maximum atomic E-state index is 11.3. The second kappa shape index (κ2) is 4.97. The van der Waals surface area contributed by atoms with Crippen molar-refractivity contribution in [1.29, 1.82) is 0 Å². The Morgan fingerprint density at radius 1 is 1.29 bits per heavy atom. The summed E-state index contributed by atoms with van der Waals surface area (Å²) >= 11 is 5.78. The van der Waals surface area contributed by atoms with Crippen LogP contribution in [-0.2, 0) is 6.54 Å².